The van der Waals surface area contributed by atoms with E-state index in [0.717, 1.165) is 12.8 Å². The first-order chi connectivity index (χ1) is 5.63. The molecule has 0 aliphatic heterocycles. The Morgan fingerprint density at radius 3 is 1.33 bits per heavy atom. The topological polar surface area (TPSA) is 0 Å². The Morgan fingerprint density at radius 2 is 1.08 bits per heavy atom. The lowest BCUT2D eigenvalue weighted by Crippen LogP contribution is -1.92. The van der Waals surface area contributed by atoms with Gasteiger partial charge in [-0.05, 0) is 26.7 Å². The molecule has 0 bridgehead atoms. The fourth-order valence-electron chi connectivity index (χ4n) is 1.20. The van der Waals surface area contributed by atoms with E-state index in [0.29, 0.717) is 10.8 Å². The van der Waals surface area contributed by atoms with Crippen LogP contribution in [0.15, 0.2) is 0 Å². The van der Waals surface area contributed by atoms with E-state index in [9.17, 15) is 0 Å². The molecule has 0 aromatic carbocycles. The van der Waals surface area contributed by atoms with Crippen molar-refractivity contribution in [2.75, 3.05) is 0 Å². The Kier molecular flexibility index (Phi) is 8.59. The molecule has 0 fully saturated rings. The van der Waals surface area contributed by atoms with Crippen LogP contribution in [0.5, 0.6) is 0 Å². The van der Waals surface area contributed by atoms with E-state index in [1.807, 2.05) is 0 Å². The van der Waals surface area contributed by atoms with Crippen molar-refractivity contribution >= 4 is 23.2 Å². The first-order valence-electron chi connectivity index (χ1n) is 4.91. The van der Waals surface area contributed by atoms with Crippen LogP contribution in [0, 0.1) is 0 Å². The molecule has 0 rings (SSSR count). The number of rotatable bonds is 7. The largest absolute Gasteiger partial charge is 0.123 e. The van der Waals surface area contributed by atoms with E-state index in [1.165, 1.54) is 25.7 Å². The van der Waals surface area contributed by atoms with Gasteiger partial charge in [0.25, 0.3) is 0 Å². The number of hydrogen-bond donors (Lipinski definition) is 0. The van der Waals surface area contributed by atoms with Crippen molar-refractivity contribution in [3.63, 3.8) is 0 Å². The molecule has 0 radical (unpaired) electrons. The van der Waals surface area contributed by atoms with Crippen LogP contribution in [0.3, 0.4) is 0 Å². The van der Waals surface area contributed by atoms with Crippen molar-refractivity contribution in [1.29, 1.82) is 0 Å². The van der Waals surface area contributed by atoms with E-state index in [1.54, 1.807) is 0 Å². The smallest absolute Gasteiger partial charge is 0.0307 e. The molecule has 2 unspecified atom stereocenters. The highest BCUT2D eigenvalue weighted by Crippen LogP contribution is 2.12. The molecule has 74 valence electrons. The fraction of sp³-hybridized carbons (Fsp3) is 1.00. The second kappa shape index (κ2) is 8.19. The Balaban J connectivity index is 2.91. The molecule has 2 atom stereocenters. The SMILES string of the molecule is CC(Cl)CCCCCCC(C)Cl. The minimum atomic E-state index is 0.344. The van der Waals surface area contributed by atoms with Gasteiger partial charge in [0.1, 0.15) is 0 Å². The van der Waals surface area contributed by atoms with Crippen molar-refractivity contribution < 1.29 is 0 Å². The minimum absolute atomic E-state index is 0.344. The number of alkyl halides is 2. The molecular formula is C10H20Cl2. The molecule has 0 aromatic rings. The summed E-state index contributed by atoms with van der Waals surface area (Å²) in [4.78, 5) is 0. The number of hydrogen-bond acceptors (Lipinski definition) is 0. The molecule has 12 heavy (non-hydrogen) atoms. The van der Waals surface area contributed by atoms with Gasteiger partial charge in [0, 0.05) is 10.8 Å². The van der Waals surface area contributed by atoms with Gasteiger partial charge in [0.05, 0.1) is 0 Å². The predicted molar refractivity (Wildman–Crippen MR) is 58.3 cm³/mol. The van der Waals surface area contributed by atoms with Gasteiger partial charge in [0.2, 0.25) is 0 Å². The first kappa shape index (κ1) is 12.6. The van der Waals surface area contributed by atoms with Crippen LogP contribution in [-0.2, 0) is 0 Å². The summed E-state index contributed by atoms with van der Waals surface area (Å²) in [6.07, 6.45) is 7.44. The van der Waals surface area contributed by atoms with Crippen molar-refractivity contribution in [3.05, 3.63) is 0 Å². The average Bonchev–Trinajstić information content (AvgIpc) is 1.95. The Hall–Kier alpha value is 0.580. The van der Waals surface area contributed by atoms with E-state index < -0.39 is 0 Å². The lowest BCUT2D eigenvalue weighted by atomic mass is 10.1. The second-order valence-corrected chi connectivity index (χ2v) is 5.04. The molecular weight excluding hydrogens is 191 g/mol. The van der Waals surface area contributed by atoms with Crippen LogP contribution in [0.2, 0.25) is 0 Å². The zero-order chi connectivity index (χ0) is 9.40. The third-order valence-electron chi connectivity index (χ3n) is 1.95. The summed E-state index contributed by atoms with van der Waals surface area (Å²) in [5.74, 6) is 0. The van der Waals surface area contributed by atoms with Crippen molar-refractivity contribution in [2.45, 2.75) is 63.1 Å². The lowest BCUT2D eigenvalue weighted by molar-refractivity contribution is 0.589. The maximum atomic E-state index is 5.82. The summed E-state index contributed by atoms with van der Waals surface area (Å²) in [5.41, 5.74) is 0. The molecule has 0 aliphatic carbocycles. The van der Waals surface area contributed by atoms with Crippen molar-refractivity contribution in [1.82, 2.24) is 0 Å². The molecule has 0 heterocycles. The highest BCUT2D eigenvalue weighted by molar-refractivity contribution is 6.20. The summed E-state index contributed by atoms with van der Waals surface area (Å²) in [5, 5.41) is 0.689. The highest BCUT2D eigenvalue weighted by Gasteiger charge is 1.97. The fourth-order valence-corrected chi connectivity index (χ4v) is 1.51. The second-order valence-electron chi connectivity index (χ2n) is 3.55. The monoisotopic (exact) mass is 210 g/mol. The Labute approximate surface area is 86.6 Å². The van der Waals surface area contributed by atoms with Crippen LogP contribution in [-0.4, -0.2) is 10.8 Å². The van der Waals surface area contributed by atoms with E-state index in [-0.39, 0.29) is 0 Å². The van der Waals surface area contributed by atoms with Gasteiger partial charge in [0.15, 0.2) is 0 Å². The maximum Gasteiger partial charge on any atom is 0.0307 e. The van der Waals surface area contributed by atoms with Crippen molar-refractivity contribution in [3.8, 4) is 0 Å². The normalized spacial score (nSPS) is 16.0. The summed E-state index contributed by atoms with van der Waals surface area (Å²) >= 11 is 11.6. The van der Waals surface area contributed by atoms with Gasteiger partial charge < -0.3 is 0 Å². The highest BCUT2D eigenvalue weighted by atomic mass is 35.5. The molecule has 0 amide bonds. The molecule has 2 heteroatoms. The quantitative estimate of drug-likeness (QED) is 0.427. The molecule has 0 aromatic heterocycles. The average molecular weight is 211 g/mol. The Morgan fingerprint density at radius 1 is 0.750 bits per heavy atom. The molecule has 0 nitrogen and oxygen atoms in total. The number of unbranched alkanes of at least 4 members (excludes halogenated alkanes) is 3. The number of halogens is 2. The lowest BCUT2D eigenvalue weighted by Gasteiger charge is -2.03. The zero-order valence-corrected chi connectivity index (χ0v) is 9.67. The third kappa shape index (κ3) is 10.6. The summed E-state index contributed by atoms with van der Waals surface area (Å²) in [6, 6.07) is 0. The minimum Gasteiger partial charge on any atom is -0.123 e. The van der Waals surface area contributed by atoms with Crippen LogP contribution >= 0.6 is 23.2 Å². The summed E-state index contributed by atoms with van der Waals surface area (Å²) in [6.45, 7) is 4.12. The van der Waals surface area contributed by atoms with Gasteiger partial charge in [-0.15, -0.1) is 23.2 Å². The van der Waals surface area contributed by atoms with Crippen LogP contribution in [0.1, 0.15) is 52.4 Å². The van der Waals surface area contributed by atoms with E-state index in [4.69, 9.17) is 23.2 Å². The maximum absolute atomic E-state index is 5.82. The van der Waals surface area contributed by atoms with Gasteiger partial charge in [-0.25, -0.2) is 0 Å². The first-order valence-corrected chi connectivity index (χ1v) is 5.78. The third-order valence-corrected chi connectivity index (χ3v) is 2.39. The molecule has 0 spiro atoms. The summed E-state index contributed by atoms with van der Waals surface area (Å²) in [7, 11) is 0. The van der Waals surface area contributed by atoms with Gasteiger partial charge >= 0.3 is 0 Å². The van der Waals surface area contributed by atoms with Crippen LogP contribution in [0.4, 0.5) is 0 Å². The molecule has 0 saturated heterocycles. The molecule has 0 saturated carbocycles. The van der Waals surface area contributed by atoms with Gasteiger partial charge in [-0.2, -0.15) is 0 Å². The molecule has 0 aliphatic rings. The predicted octanol–water partition coefficient (Wildman–Crippen LogP) is 4.58. The standard InChI is InChI=1S/C10H20Cl2/c1-9(11)7-5-3-4-6-8-10(2)12/h9-10H,3-8H2,1-2H3. The van der Waals surface area contributed by atoms with Gasteiger partial charge in [-0.1, -0.05) is 25.7 Å². The van der Waals surface area contributed by atoms with Crippen LogP contribution < -0.4 is 0 Å². The van der Waals surface area contributed by atoms with Crippen LogP contribution in [0.25, 0.3) is 0 Å². The zero-order valence-electron chi connectivity index (χ0n) is 8.15. The van der Waals surface area contributed by atoms with Crippen molar-refractivity contribution in [2.24, 2.45) is 0 Å². The van der Waals surface area contributed by atoms with E-state index in [2.05, 4.69) is 13.8 Å². The summed E-state index contributed by atoms with van der Waals surface area (Å²) < 4.78 is 0. The van der Waals surface area contributed by atoms with E-state index >= 15 is 0 Å². The Bertz CT molecular complexity index is 77.8. The van der Waals surface area contributed by atoms with Gasteiger partial charge in [-0.3, -0.25) is 0 Å². The molecule has 0 N–H and O–H groups in total.